The molecule has 2 aromatic rings. The smallest absolute Gasteiger partial charge is 0.318 e. The van der Waals surface area contributed by atoms with E-state index in [4.69, 9.17) is 0 Å². The first-order valence-corrected chi connectivity index (χ1v) is 8.23. The number of nitrogens with zero attached hydrogens (tertiary/aromatic N) is 2. The Labute approximate surface area is 163 Å². The van der Waals surface area contributed by atoms with E-state index in [0.717, 1.165) is 16.7 Å². The Morgan fingerprint density at radius 1 is 1.08 bits per heavy atom. The van der Waals surface area contributed by atoms with Gasteiger partial charge in [0.15, 0.2) is 0 Å². The molecule has 1 heterocycles. The maximum Gasteiger partial charge on any atom is 0.318 e. The van der Waals surface area contributed by atoms with E-state index in [1.54, 1.807) is 29.2 Å². The molecule has 140 valence electrons. The molecular formula is C19H24BrN3O3. The molecule has 7 heteroatoms. The molecule has 2 aromatic carbocycles. The van der Waals surface area contributed by atoms with Crippen molar-refractivity contribution in [2.45, 2.75) is 19.1 Å². The maximum atomic E-state index is 12.5. The molecule has 2 amide bonds. The third kappa shape index (κ3) is 4.47. The zero-order valence-corrected chi connectivity index (χ0v) is 16.6. The van der Waals surface area contributed by atoms with E-state index in [0.29, 0.717) is 19.6 Å². The Morgan fingerprint density at radius 2 is 1.69 bits per heavy atom. The number of amides is 2. The number of likely N-dealkylation sites (N-methyl/N-ethyl adjacent to an activating group) is 1. The summed E-state index contributed by atoms with van der Waals surface area (Å²) in [4.78, 5) is 16.3. The average molecular weight is 422 g/mol. The normalized spacial score (nSPS) is 13.9. The predicted octanol–water partition coefficient (Wildman–Crippen LogP) is 3.00. The molecule has 0 bridgehead atoms. The number of benzene rings is 2. The number of urea groups is 1. The van der Waals surface area contributed by atoms with Gasteiger partial charge in [0.25, 0.3) is 0 Å². The van der Waals surface area contributed by atoms with Gasteiger partial charge >= 0.3 is 6.03 Å². The van der Waals surface area contributed by atoms with Gasteiger partial charge in [0, 0.05) is 19.6 Å². The monoisotopic (exact) mass is 421 g/mol. The topological polar surface area (TPSA) is 76.0 Å². The second-order valence-corrected chi connectivity index (χ2v) is 6.57. The zero-order valence-electron chi connectivity index (χ0n) is 14.8. The number of aromatic hydroxyl groups is 2. The summed E-state index contributed by atoms with van der Waals surface area (Å²) in [5.41, 5.74) is 3.08. The standard InChI is InChI=1S/C19H23N3O3.BrH/c1-21(2)18(13-3-6-16(23)7-4-13)10-20-19(25)22-11-14-5-8-17(24)9-15(14)12-22;/h3-9,18,23-24H,10-12H2,1-2H3,(H,20,25);1H. The molecule has 1 aliphatic heterocycles. The summed E-state index contributed by atoms with van der Waals surface area (Å²) in [6, 6.07) is 12.1. The van der Waals surface area contributed by atoms with Crippen LogP contribution in [0.15, 0.2) is 42.5 Å². The van der Waals surface area contributed by atoms with E-state index >= 15 is 0 Å². The van der Waals surface area contributed by atoms with Crippen molar-refractivity contribution in [2.24, 2.45) is 0 Å². The Hall–Kier alpha value is -2.25. The number of nitrogens with one attached hydrogen (secondary N) is 1. The highest BCUT2D eigenvalue weighted by Gasteiger charge is 2.24. The second kappa shape index (κ2) is 8.42. The van der Waals surface area contributed by atoms with Crippen LogP contribution in [0.1, 0.15) is 22.7 Å². The van der Waals surface area contributed by atoms with E-state index in [2.05, 4.69) is 5.32 Å². The van der Waals surface area contributed by atoms with Crippen LogP contribution >= 0.6 is 17.0 Å². The van der Waals surface area contributed by atoms with Crippen LogP contribution in [0.5, 0.6) is 11.5 Å². The SMILES string of the molecule is Br.CN(C)C(CNC(=O)N1Cc2ccc(O)cc2C1)c1ccc(O)cc1. The lowest BCUT2D eigenvalue weighted by Gasteiger charge is -2.26. The highest BCUT2D eigenvalue weighted by atomic mass is 79.9. The molecule has 3 rings (SSSR count). The van der Waals surface area contributed by atoms with Gasteiger partial charge in [-0.25, -0.2) is 4.79 Å². The van der Waals surface area contributed by atoms with Gasteiger partial charge in [-0.3, -0.25) is 0 Å². The summed E-state index contributed by atoms with van der Waals surface area (Å²) < 4.78 is 0. The van der Waals surface area contributed by atoms with Crippen molar-refractivity contribution in [1.29, 1.82) is 0 Å². The number of halogens is 1. The summed E-state index contributed by atoms with van der Waals surface area (Å²) in [6.45, 7) is 1.52. The summed E-state index contributed by atoms with van der Waals surface area (Å²) in [7, 11) is 3.91. The molecular weight excluding hydrogens is 398 g/mol. The summed E-state index contributed by atoms with van der Waals surface area (Å²) in [6.07, 6.45) is 0. The molecule has 3 N–H and O–H groups in total. The fourth-order valence-electron chi connectivity index (χ4n) is 3.12. The van der Waals surface area contributed by atoms with Gasteiger partial charge in [0.05, 0.1) is 6.04 Å². The second-order valence-electron chi connectivity index (χ2n) is 6.57. The van der Waals surface area contributed by atoms with Gasteiger partial charge in [-0.05, 0) is 55.1 Å². The van der Waals surface area contributed by atoms with Crippen LogP contribution in [0.4, 0.5) is 4.79 Å². The number of rotatable bonds is 4. The lowest BCUT2D eigenvalue weighted by molar-refractivity contribution is 0.193. The largest absolute Gasteiger partial charge is 0.508 e. The average Bonchev–Trinajstić information content (AvgIpc) is 2.99. The minimum absolute atomic E-state index is 0. The number of carbonyl (C=O) groups is 1. The Morgan fingerprint density at radius 3 is 2.35 bits per heavy atom. The van der Waals surface area contributed by atoms with Crippen molar-refractivity contribution in [3.05, 3.63) is 59.2 Å². The minimum atomic E-state index is -0.124. The van der Waals surface area contributed by atoms with Crippen molar-refractivity contribution in [3.63, 3.8) is 0 Å². The van der Waals surface area contributed by atoms with Crippen LogP contribution < -0.4 is 5.32 Å². The van der Waals surface area contributed by atoms with Crippen LogP contribution in [-0.4, -0.2) is 46.7 Å². The van der Waals surface area contributed by atoms with Gasteiger partial charge in [0.2, 0.25) is 0 Å². The first-order chi connectivity index (χ1) is 11.9. The lowest BCUT2D eigenvalue weighted by Crippen LogP contribution is -2.41. The molecule has 0 aromatic heterocycles. The molecule has 0 aliphatic carbocycles. The molecule has 1 aliphatic rings. The number of phenolic OH excluding ortho intramolecular Hbond substituents is 2. The van der Waals surface area contributed by atoms with Gasteiger partial charge in [-0.1, -0.05) is 18.2 Å². The minimum Gasteiger partial charge on any atom is -0.508 e. The fraction of sp³-hybridized carbons (Fsp3) is 0.316. The molecule has 0 radical (unpaired) electrons. The predicted molar refractivity (Wildman–Crippen MR) is 106 cm³/mol. The van der Waals surface area contributed by atoms with Crippen molar-refractivity contribution < 1.29 is 15.0 Å². The van der Waals surface area contributed by atoms with Crippen LogP contribution in [0.3, 0.4) is 0 Å². The third-order valence-corrected chi connectivity index (χ3v) is 4.55. The first-order valence-electron chi connectivity index (χ1n) is 8.23. The van der Waals surface area contributed by atoms with Gasteiger partial charge in [-0.2, -0.15) is 0 Å². The van der Waals surface area contributed by atoms with E-state index in [1.807, 2.05) is 37.2 Å². The highest BCUT2D eigenvalue weighted by Crippen LogP contribution is 2.26. The molecule has 0 saturated heterocycles. The molecule has 1 atom stereocenters. The lowest BCUT2D eigenvalue weighted by atomic mass is 10.1. The molecule has 0 saturated carbocycles. The number of fused-ring (bicyclic) bond motifs is 1. The van der Waals surface area contributed by atoms with E-state index in [9.17, 15) is 15.0 Å². The molecule has 0 fully saturated rings. The van der Waals surface area contributed by atoms with Gasteiger partial charge in [-0.15, -0.1) is 17.0 Å². The Balaban J connectivity index is 0.00000243. The maximum absolute atomic E-state index is 12.5. The summed E-state index contributed by atoms with van der Waals surface area (Å²) >= 11 is 0. The number of phenols is 2. The van der Waals surface area contributed by atoms with Crippen LogP contribution in [0.25, 0.3) is 0 Å². The van der Waals surface area contributed by atoms with Crippen molar-refractivity contribution in [3.8, 4) is 11.5 Å². The number of carbonyl (C=O) groups excluding carboxylic acids is 1. The first kappa shape index (κ1) is 20.1. The van der Waals surface area contributed by atoms with E-state index in [-0.39, 0.29) is 40.6 Å². The summed E-state index contributed by atoms with van der Waals surface area (Å²) in [5.74, 6) is 0.449. The van der Waals surface area contributed by atoms with Crippen molar-refractivity contribution >= 4 is 23.0 Å². The van der Waals surface area contributed by atoms with Gasteiger partial charge in [0.1, 0.15) is 11.5 Å². The van der Waals surface area contributed by atoms with Crippen molar-refractivity contribution in [1.82, 2.24) is 15.1 Å². The Bertz CT molecular complexity index is 765. The summed E-state index contributed by atoms with van der Waals surface area (Å²) in [5, 5.41) is 22.0. The van der Waals surface area contributed by atoms with Crippen LogP contribution in [-0.2, 0) is 13.1 Å². The fourth-order valence-corrected chi connectivity index (χ4v) is 3.12. The number of hydrogen-bond donors (Lipinski definition) is 3. The molecule has 1 unspecified atom stereocenters. The van der Waals surface area contributed by atoms with Crippen LogP contribution in [0, 0.1) is 0 Å². The van der Waals surface area contributed by atoms with E-state index in [1.165, 1.54) is 0 Å². The Kier molecular flexibility index (Phi) is 6.50. The highest BCUT2D eigenvalue weighted by molar-refractivity contribution is 8.93. The van der Waals surface area contributed by atoms with Crippen molar-refractivity contribution in [2.75, 3.05) is 20.6 Å². The molecule has 0 spiro atoms. The zero-order chi connectivity index (χ0) is 18.0. The number of hydrogen-bond acceptors (Lipinski definition) is 4. The molecule has 26 heavy (non-hydrogen) atoms. The quantitative estimate of drug-likeness (QED) is 0.708. The van der Waals surface area contributed by atoms with E-state index < -0.39 is 0 Å². The third-order valence-electron chi connectivity index (χ3n) is 4.55. The van der Waals surface area contributed by atoms with Gasteiger partial charge < -0.3 is 25.3 Å². The molecule has 6 nitrogen and oxygen atoms in total. The van der Waals surface area contributed by atoms with Crippen LogP contribution in [0.2, 0.25) is 0 Å².